The molecule has 0 fully saturated rings. The van der Waals surface area contributed by atoms with Crippen molar-refractivity contribution in [1.29, 1.82) is 0 Å². The Morgan fingerprint density at radius 2 is 1.86 bits per heavy atom. The van der Waals surface area contributed by atoms with Crippen LogP contribution in [0.2, 0.25) is 0 Å². The first-order valence-corrected chi connectivity index (χ1v) is 5.77. The molecule has 2 amide bonds. The average molecular weight is 265 g/mol. The predicted molar refractivity (Wildman–Crippen MR) is 59.3 cm³/mol. The van der Waals surface area contributed by atoms with E-state index in [9.17, 15) is 9.59 Å². The van der Waals surface area contributed by atoms with Crippen molar-refractivity contribution in [3.63, 3.8) is 0 Å². The lowest BCUT2D eigenvalue weighted by molar-refractivity contribution is -0.121. The summed E-state index contributed by atoms with van der Waals surface area (Å²) in [6.45, 7) is 5.15. The predicted octanol–water partition coefficient (Wildman–Crippen LogP) is 0.660. The number of nitrogens with one attached hydrogen (secondary N) is 2. The molecule has 0 aliphatic rings. The Bertz CT molecular complexity index is 195. The molecule has 0 aromatic carbocycles. The van der Waals surface area contributed by atoms with Gasteiger partial charge in [-0.15, -0.1) is 0 Å². The maximum absolute atomic E-state index is 11.1. The topological polar surface area (TPSA) is 58.2 Å². The van der Waals surface area contributed by atoms with Crippen LogP contribution in [-0.4, -0.2) is 30.2 Å². The number of hydrogen-bond acceptors (Lipinski definition) is 2. The number of halogens is 1. The lowest BCUT2D eigenvalue weighted by Crippen LogP contribution is -2.32. The summed E-state index contributed by atoms with van der Waals surface area (Å²) in [5, 5.41) is 5.65. The van der Waals surface area contributed by atoms with E-state index in [4.69, 9.17) is 0 Å². The maximum atomic E-state index is 11.1. The number of alkyl halides is 1. The van der Waals surface area contributed by atoms with Crippen LogP contribution in [0.1, 0.15) is 20.3 Å². The van der Waals surface area contributed by atoms with E-state index in [0.717, 1.165) is 0 Å². The van der Waals surface area contributed by atoms with Gasteiger partial charge in [-0.1, -0.05) is 29.8 Å². The van der Waals surface area contributed by atoms with Gasteiger partial charge in [-0.05, 0) is 5.92 Å². The molecule has 0 aliphatic carbocycles. The average Bonchev–Trinajstić information content (AvgIpc) is 2.14. The zero-order chi connectivity index (χ0) is 11.0. The minimum Gasteiger partial charge on any atom is -0.356 e. The van der Waals surface area contributed by atoms with Gasteiger partial charge in [0.2, 0.25) is 11.8 Å². The summed E-state index contributed by atoms with van der Waals surface area (Å²) in [4.78, 5) is 21.9. The van der Waals surface area contributed by atoms with Gasteiger partial charge in [0, 0.05) is 19.5 Å². The molecule has 0 spiro atoms. The summed E-state index contributed by atoms with van der Waals surface area (Å²) in [5.74, 6) is 0.339. The monoisotopic (exact) mass is 264 g/mol. The van der Waals surface area contributed by atoms with E-state index in [1.165, 1.54) is 0 Å². The van der Waals surface area contributed by atoms with Crippen molar-refractivity contribution in [3.05, 3.63) is 0 Å². The van der Waals surface area contributed by atoms with Crippen LogP contribution in [0.25, 0.3) is 0 Å². The smallest absolute Gasteiger partial charge is 0.230 e. The molecule has 0 aromatic heterocycles. The molecule has 82 valence electrons. The second-order valence-electron chi connectivity index (χ2n) is 3.43. The quantitative estimate of drug-likeness (QED) is 0.693. The van der Waals surface area contributed by atoms with Gasteiger partial charge in [0.1, 0.15) is 0 Å². The Labute approximate surface area is 92.9 Å². The molecule has 0 heterocycles. The van der Waals surface area contributed by atoms with Crippen LogP contribution < -0.4 is 10.6 Å². The number of amides is 2. The van der Waals surface area contributed by atoms with Crippen LogP contribution in [0.3, 0.4) is 0 Å². The highest BCUT2D eigenvalue weighted by Gasteiger charge is 2.03. The van der Waals surface area contributed by atoms with Crippen molar-refractivity contribution >= 4 is 27.7 Å². The Morgan fingerprint density at radius 1 is 1.21 bits per heavy atom. The fourth-order valence-corrected chi connectivity index (χ4v) is 0.967. The third-order valence-corrected chi connectivity index (χ3v) is 2.01. The van der Waals surface area contributed by atoms with Crippen LogP contribution in [0.4, 0.5) is 0 Å². The molecular weight excluding hydrogens is 248 g/mol. The molecule has 5 heteroatoms. The minimum absolute atomic E-state index is 0.0198. The fraction of sp³-hybridized carbons (Fsp3) is 0.778. The van der Waals surface area contributed by atoms with E-state index in [0.29, 0.717) is 25.4 Å². The molecular formula is C9H17BrN2O2. The number of carbonyl (C=O) groups excluding carboxylic acids is 2. The normalized spacial score (nSPS) is 10.0. The van der Waals surface area contributed by atoms with Crippen LogP contribution in [0.5, 0.6) is 0 Å². The van der Waals surface area contributed by atoms with Gasteiger partial charge < -0.3 is 10.6 Å². The molecule has 0 atom stereocenters. The first kappa shape index (κ1) is 13.4. The van der Waals surface area contributed by atoms with E-state index in [-0.39, 0.29) is 17.1 Å². The molecule has 0 bridgehead atoms. The number of rotatable bonds is 6. The largest absolute Gasteiger partial charge is 0.356 e. The second-order valence-corrected chi connectivity index (χ2v) is 3.99. The van der Waals surface area contributed by atoms with Gasteiger partial charge >= 0.3 is 0 Å². The van der Waals surface area contributed by atoms with E-state index in [1.54, 1.807) is 0 Å². The van der Waals surface area contributed by atoms with Gasteiger partial charge in [-0.25, -0.2) is 0 Å². The molecule has 0 saturated carbocycles. The van der Waals surface area contributed by atoms with Gasteiger partial charge in [-0.3, -0.25) is 9.59 Å². The fourth-order valence-electron chi connectivity index (χ4n) is 0.769. The summed E-state index contributed by atoms with van der Waals surface area (Å²) in [6.07, 6.45) is 0.339. The minimum atomic E-state index is -0.0957. The lowest BCUT2D eigenvalue weighted by Gasteiger charge is -2.07. The molecule has 0 rings (SSSR count). The van der Waals surface area contributed by atoms with Crippen molar-refractivity contribution < 1.29 is 9.59 Å². The summed E-state index contributed by atoms with van der Waals surface area (Å²) in [7, 11) is 0. The first-order chi connectivity index (χ1) is 6.56. The second kappa shape index (κ2) is 7.79. The Kier molecular flexibility index (Phi) is 7.47. The van der Waals surface area contributed by atoms with E-state index >= 15 is 0 Å². The third-order valence-electron chi connectivity index (χ3n) is 1.50. The maximum Gasteiger partial charge on any atom is 0.230 e. The van der Waals surface area contributed by atoms with E-state index in [1.807, 2.05) is 13.8 Å². The van der Waals surface area contributed by atoms with Gasteiger partial charge in [0.05, 0.1) is 5.33 Å². The van der Waals surface area contributed by atoms with Crippen LogP contribution in [-0.2, 0) is 9.59 Å². The van der Waals surface area contributed by atoms with Gasteiger partial charge in [0.25, 0.3) is 0 Å². The van der Waals surface area contributed by atoms with E-state index < -0.39 is 0 Å². The lowest BCUT2D eigenvalue weighted by atomic mass is 10.2. The molecule has 0 unspecified atom stereocenters. The van der Waals surface area contributed by atoms with Crippen molar-refractivity contribution in [3.8, 4) is 0 Å². The van der Waals surface area contributed by atoms with Crippen LogP contribution in [0.15, 0.2) is 0 Å². The van der Waals surface area contributed by atoms with Crippen LogP contribution >= 0.6 is 15.9 Å². The van der Waals surface area contributed by atoms with Gasteiger partial charge in [-0.2, -0.15) is 0 Å². The first-order valence-electron chi connectivity index (χ1n) is 4.65. The highest BCUT2D eigenvalue weighted by atomic mass is 79.9. The third kappa shape index (κ3) is 8.04. The van der Waals surface area contributed by atoms with Crippen molar-refractivity contribution in [1.82, 2.24) is 10.6 Å². The Hall–Kier alpha value is -0.580. The summed E-state index contributed by atoms with van der Waals surface area (Å²) in [6, 6.07) is 0. The molecule has 0 aliphatic heterocycles. The van der Waals surface area contributed by atoms with Crippen LogP contribution in [0, 0.1) is 5.92 Å². The zero-order valence-corrected chi connectivity index (χ0v) is 10.2. The van der Waals surface area contributed by atoms with Crippen molar-refractivity contribution in [2.24, 2.45) is 5.92 Å². The molecule has 14 heavy (non-hydrogen) atoms. The highest BCUT2D eigenvalue weighted by Crippen LogP contribution is 1.88. The summed E-state index contributed by atoms with van der Waals surface area (Å²) < 4.78 is 0. The molecule has 0 aromatic rings. The van der Waals surface area contributed by atoms with Crippen molar-refractivity contribution in [2.45, 2.75) is 20.3 Å². The standard InChI is InChI=1S/C9H17BrN2O2/c1-7(2)6-12-8(13)3-4-11-9(14)5-10/h7H,3-6H2,1-2H3,(H,11,14)(H,12,13). The highest BCUT2D eigenvalue weighted by molar-refractivity contribution is 9.09. The molecule has 0 radical (unpaired) electrons. The zero-order valence-electron chi connectivity index (χ0n) is 8.60. The summed E-state index contributed by atoms with van der Waals surface area (Å²) >= 11 is 3.02. The van der Waals surface area contributed by atoms with E-state index in [2.05, 4.69) is 26.6 Å². The van der Waals surface area contributed by atoms with Crippen molar-refractivity contribution in [2.75, 3.05) is 18.4 Å². The number of hydrogen-bond donors (Lipinski definition) is 2. The molecule has 4 nitrogen and oxygen atoms in total. The number of carbonyl (C=O) groups is 2. The molecule has 2 N–H and O–H groups in total. The summed E-state index contributed by atoms with van der Waals surface area (Å²) in [5.41, 5.74) is 0. The molecule has 0 saturated heterocycles. The Balaban J connectivity index is 3.40. The SMILES string of the molecule is CC(C)CNC(=O)CCNC(=O)CBr. The Morgan fingerprint density at radius 3 is 2.36 bits per heavy atom. The van der Waals surface area contributed by atoms with Gasteiger partial charge in [0.15, 0.2) is 0 Å².